The predicted molar refractivity (Wildman–Crippen MR) is 57.4 cm³/mol. The smallest absolute Gasteiger partial charge is 0.339 e. The Morgan fingerprint density at radius 3 is 2.87 bits per heavy atom. The van der Waals surface area contributed by atoms with Crippen molar-refractivity contribution in [2.45, 2.75) is 0 Å². The number of halogens is 2. The van der Waals surface area contributed by atoms with Gasteiger partial charge in [0.1, 0.15) is 5.69 Å². The van der Waals surface area contributed by atoms with Crippen LogP contribution >= 0.6 is 23.8 Å². The van der Waals surface area contributed by atoms with E-state index in [-0.39, 0.29) is 16.3 Å². The molecule has 0 saturated heterocycles. The normalized spacial score (nSPS) is 9.27. The van der Waals surface area contributed by atoms with Crippen molar-refractivity contribution in [3.63, 3.8) is 0 Å². The summed E-state index contributed by atoms with van der Waals surface area (Å²) >= 11 is 9.98. The summed E-state index contributed by atoms with van der Waals surface area (Å²) in [5.41, 5.74) is -0.0700. The number of esters is 1. The molecule has 0 saturated carbocycles. The van der Waals surface area contributed by atoms with Crippen molar-refractivity contribution < 1.29 is 13.9 Å². The Morgan fingerprint density at radius 2 is 2.33 bits per heavy atom. The Hall–Kier alpha value is -1.29. The third-order valence-electron chi connectivity index (χ3n) is 1.61. The molecular weight excluding hydrogens is 241 g/mol. The van der Waals surface area contributed by atoms with Gasteiger partial charge >= 0.3 is 5.97 Å². The first-order valence-electron chi connectivity index (χ1n) is 3.75. The van der Waals surface area contributed by atoms with E-state index in [1.165, 1.54) is 7.11 Å². The summed E-state index contributed by atoms with van der Waals surface area (Å²) in [6, 6.07) is 2.13. The van der Waals surface area contributed by atoms with E-state index < -0.39 is 11.8 Å². The molecule has 1 aromatic rings. The molecule has 0 spiro atoms. The van der Waals surface area contributed by atoms with E-state index in [1.807, 2.05) is 5.16 Å². The van der Waals surface area contributed by atoms with Crippen LogP contribution in [0.2, 0.25) is 5.02 Å². The molecule has 0 heterocycles. The van der Waals surface area contributed by atoms with Crippen LogP contribution in [0.15, 0.2) is 17.1 Å². The number of hydrogen-bond acceptors (Lipinski definition) is 4. The summed E-state index contributed by atoms with van der Waals surface area (Å²) in [5.74, 6) is -1.34. The number of nitrogens with zero attached hydrogens (tertiary/aromatic N) is 1. The van der Waals surface area contributed by atoms with Crippen LogP contribution in [0, 0.1) is 5.82 Å². The van der Waals surface area contributed by atoms with Crippen LogP contribution in [-0.2, 0) is 4.74 Å². The second kappa shape index (κ2) is 4.98. The summed E-state index contributed by atoms with van der Waals surface area (Å²) in [7, 11) is 1.20. The highest BCUT2D eigenvalue weighted by Gasteiger charge is 2.14. The summed E-state index contributed by atoms with van der Waals surface area (Å²) in [6.45, 7) is 0. The van der Waals surface area contributed by atoms with E-state index in [4.69, 9.17) is 11.6 Å². The first kappa shape index (κ1) is 11.8. The maximum Gasteiger partial charge on any atom is 0.339 e. The second-order valence-electron chi connectivity index (χ2n) is 2.48. The molecule has 1 rings (SSSR count). The molecule has 0 radical (unpaired) electrons. The zero-order chi connectivity index (χ0) is 11.4. The molecule has 0 bridgehead atoms. The number of ether oxygens (including phenoxy) is 1. The molecule has 0 fully saturated rings. The van der Waals surface area contributed by atoms with Gasteiger partial charge < -0.3 is 4.74 Å². The molecule has 0 unspecified atom stereocenters. The Balaban J connectivity index is 3.35. The molecule has 3 nitrogen and oxygen atoms in total. The van der Waals surface area contributed by atoms with Gasteiger partial charge in [-0.15, -0.1) is 0 Å². The van der Waals surface area contributed by atoms with Crippen LogP contribution in [0.5, 0.6) is 0 Å². The molecule has 0 aromatic heterocycles. The fourth-order valence-electron chi connectivity index (χ4n) is 0.939. The van der Waals surface area contributed by atoms with Crippen LogP contribution in [0.25, 0.3) is 0 Å². The molecule has 0 aliphatic carbocycles. The maximum atomic E-state index is 13.2. The molecule has 0 N–H and O–H groups in total. The third-order valence-corrected chi connectivity index (χ3v) is 2.01. The fraction of sp³-hybridized carbons (Fsp3) is 0.111. The Kier molecular flexibility index (Phi) is 3.91. The molecule has 0 atom stereocenters. The number of aliphatic imine (C=N–C) groups is 1. The number of methoxy groups -OCH3 is 1. The van der Waals surface area contributed by atoms with Gasteiger partial charge in [0.05, 0.1) is 22.9 Å². The van der Waals surface area contributed by atoms with Crippen molar-refractivity contribution in [2.24, 2.45) is 4.99 Å². The van der Waals surface area contributed by atoms with Crippen LogP contribution in [0.1, 0.15) is 10.4 Å². The van der Waals surface area contributed by atoms with E-state index in [1.54, 1.807) is 0 Å². The number of isothiocyanates is 1. The number of rotatable bonds is 2. The van der Waals surface area contributed by atoms with Crippen molar-refractivity contribution in [3.05, 3.63) is 28.5 Å². The van der Waals surface area contributed by atoms with E-state index >= 15 is 0 Å². The summed E-state index contributed by atoms with van der Waals surface area (Å²) < 4.78 is 17.6. The van der Waals surface area contributed by atoms with Gasteiger partial charge in [-0.2, -0.15) is 4.99 Å². The van der Waals surface area contributed by atoms with E-state index in [0.717, 1.165) is 12.1 Å². The van der Waals surface area contributed by atoms with Crippen LogP contribution in [-0.4, -0.2) is 18.2 Å². The van der Waals surface area contributed by atoms with Gasteiger partial charge in [-0.05, 0) is 24.4 Å². The molecule has 6 heteroatoms. The standard InChI is InChI=1S/C9H5ClFNO2S/c1-14-9(13)5-2-8(12-4-15)7(11)3-6(5)10/h2-3H,1H3. The lowest BCUT2D eigenvalue weighted by Crippen LogP contribution is -2.02. The van der Waals surface area contributed by atoms with Crippen molar-refractivity contribution in [1.29, 1.82) is 0 Å². The predicted octanol–water partition coefficient (Wildman–Crippen LogP) is 3.00. The van der Waals surface area contributed by atoms with Crippen LogP contribution < -0.4 is 0 Å². The summed E-state index contributed by atoms with van der Waals surface area (Å²) in [6.07, 6.45) is 0. The van der Waals surface area contributed by atoms with Gasteiger partial charge in [-0.25, -0.2) is 9.18 Å². The van der Waals surface area contributed by atoms with Gasteiger partial charge in [-0.3, -0.25) is 0 Å². The van der Waals surface area contributed by atoms with Crippen molar-refractivity contribution in [2.75, 3.05) is 7.11 Å². The lowest BCUT2D eigenvalue weighted by Gasteiger charge is -2.03. The van der Waals surface area contributed by atoms with E-state index in [9.17, 15) is 9.18 Å². The average molecular weight is 246 g/mol. The zero-order valence-electron chi connectivity index (χ0n) is 7.58. The molecule has 1 aromatic carbocycles. The minimum atomic E-state index is -0.676. The average Bonchev–Trinajstić information content (AvgIpc) is 2.21. The number of carbonyl (C=O) groups is 1. The van der Waals surface area contributed by atoms with Gasteiger partial charge in [0, 0.05) is 0 Å². The topological polar surface area (TPSA) is 38.7 Å². The lowest BCUT2D eigenvalue weighted by molar-refractivity contribution is 0.0601. The van der Waals surface area contributed by atoms with Gasteiger partial charge in [0.2, 0.25) is 0 Å². The maximum absolute atomic E-state index is 13.2. The van der Waals surface area contributed by atoms with Crippen LogP contribution in [0.4, 0.5) is 10.1 Å². The largest absolute Gasteiger partial charge is 0.465 e. The molecule has 0 aliphatic heterocycles. The zero-order valence-corrected chi connectivity index (χ0v) is 9.16. The first-order chi connectivity index (χ1) is 7.10. The van der Waals surface area contributed by atoms with Gasteiger partial charge in [0.25, 0.3) is 0 Å². The van der Waals surface area contributed by atoms with E-state index in [2.05, 4.69) is 21.9 Å². The number of hydrogen-bond donors (Lipinski definition) is 0. The van der Waals surface area contributed by atoms with E-state index in [0.29, 0.717) is 0 Å². The highest BCUT2D eigenvalue weighted by Crippen LogP contribution is 2.26. The quantitative estimate of drug-likeness (QED) is 0.457. The minimum absolute atomic E-state index is 0.0320. The van der Waals surface area contributed by atoms with Crippen molar-refractivity contribution >= 4 is 40.6 Å². The van der Waals surface area contributed by atoms with Gasteiger partial charge in [-0.1, -0.05) is 11.6 Å². The molecule has 15 heavy (non-hydrogen) atoms. The molecule has 0 amide bonds. The lowest BCUT2D eigenvalue weighted by atomic mass is 10.2. The Labute approximate surface area is 95.5 Å². The third kappa shape index (κ3) is 2.59. The number of benzene rings is 1. The summed E-state index contributed by atoms with van der Waals surface area (Å²) in [4.78, 5) is 14.6. The number of carbonyl (C=O) groups excluding carboxylic acids is 1. The Bertz CT molecular complexity index is 458. The SMILES string of the molecule is COC(=O)c1cc(N=C=S)c(F)cc1Cl. The highest BCUT2D eigenvalue weighted by molar-refractivity contribution is 7.78. The van der Waals surface area contributed by atoms with Crippen molar-refractivity contribution in [1.82, 2.24) is 0 Å². The highest BCUT2D eigenvalue weighted by atomic mass is 35.5. The monoisotopic (exact) mass is 245 g/mol. The Morgan fingerprint density at radius 1 is 1.67 bits per heavy atom. The second-order valence-corrected chi connectivity index (χ2v) is 3.07. The molecule has 78 valence electrons. The van der Waals surface area contributed by atoms with Crippen molar-refractivity contribution in [3.8, 4) is 0 Å². The summed E-state index contributed by atoms with van der Waals surface area (Å²) in [5, 5.41) is 1.96. The first-order valence-corrected chi connectivity index (χ1v) is 4.54. The minimum Gasteiger partial charge on any atom is -0.465 e. The van der Waals surface area contributed by atoms with Gasteiger partial charge in [0.15, 0.2) is 5.82 Å². The number of thiocarbonyl (C=S) groups is 1. The molecule has 0 aliphatic rings. The fourth-order valence-corrected chi connectivity index (χ4v) is 1.26. The molecular formula is C9H5ClFNO2S. The van der Waals surface area contributed by atoms with Crippen LogP contribution in [0.3, 0.4) is 0 Å².